The maximum absolute atomic E-state index is 13.5. The number of sulfonamides is 1. The van der Waals surface area contributed by atoms with Crippen LogP contribution in [-0.2, 0) is 10.0 Å². The van der Waals surface area contributed by atoms with E-state index in [1.54, 1.807) is 6.92 Å². The molecule has 21 heavy (non-hydrogen) atoms. The van der Waals surface area contributed by atoms with Crippen molar-refractivity contribution < 1.29 is 21.6 Å². The van der Waals surface area contributed by atoms with Gasteiger partial charge in [0.05, 0.1) is 11.9 Å². The summed E-state index contributed by atoms with van der Waals surface area (Å²) >= 11 is 3.14. The lowest BCUT2D eigenvalue weighted by Gasteiger charge is -2.10. The maximum Gasteiger partial charge on any atom is 0.264 e. The summed E-state index contributed by atoms with van der Waals surface area (Å²) < 4.78 is 66.1. The third-order valence-corrected chi connectivity index (χ3v) is 4.78. The van der Waals surface area contributed by atoms with Gasteiger partial charge in [-0.05, 0) is 46.6 Å². The van der Waals surface area contributed by atoms with Crippen LogP contribution in [0, 0.1) is 24.4 Å². The van der Waals surface area contributed by atoms with Crippen molar-refractivity contribution in [2.45, 2.75) is 11.8 Å². The molecule has 112 valence electrons. The normalized spacial score (nSPS) is 11.5. The molecule has 0 radical (unpaired) electrons. The molecule has 0 spiro atoms. The lowest BCUT2D eigenvalue weighted by molar-refractivity contribution is 0.432. The Morgan fingerprint density at radius 3 is 2.48 bits per heavy atom. The van der Waals surface area contributed by atoms with Gasteiger partial charge in [0.15, 0.2) is 17.5 Å². The summed E-state index contributed by atoms with van der Waals surface area (Å²) in [6.07, 6.45) is 1.20. The Balaban J connectivity index is 2.43. The van der Waals surface area contributed by atoms with Crippen LogP contribution in [0.4, 0.5) is 18.9 Å². The van der Waals surface area contributed by atoms with Gasteiger partial charge in [0, 0.05) is 0 Å². The van der Waals surface area contributed by atoms with Crippen LogP contribution in [0.15, 0.2) is 33.9 Å². The Labute approximate surface area is 127 Å². The number of nitrogens with zero attached hydrogens (tertiary/aromatic N) is 1. The summed E-state index contributed by atoms with van der Waals surface area (Å²) in [7, 11) is -4.40. The molecule has 1 aromatic carbocycles. The van der Waals surface area contributed by atoms with Crippen molar-refractivity contribution in [3.05, 3.63) is 52.0 Å². The fraction of sp³-hybridized carbons (Fsp3) is 0.0833. The Hall–Kier alpha value is -1.61. The van der Waals surface area contributed by atoms with Gasteiger partial charge in [0.2, 0.25) is 0 Å². The van der Waals surface area contributed by atoms with Crippen LogP contribution >= 0.6 is 15.9 Å². The summed E-state index contributed by atoms with van der Waals surface area (Å²) in [6, 6.07) is 2.64. The molecule has 9 heteroatoms. The SMILES string of the molecule is Cc1cc(NS(=O)(=O)c2ccc(F)c(F)c2F)cnc1Br. The van der Waals surface area contributed by atoms with Crippen molar-refractivity contribution in [2.75, 3.05) is 4.72 Å². The highest BCUT2D eigenvalue weighted by Crippen LogP contribution is 2.23. The topological polar surface area (TPSA) is 59.1 Å². The van der Waals surface area contributed by atoms with Crippen molar-refractivity contribution in [1.29, 1.82) is 0 Å². The molecule has 1 aromatic heterocycles. The molecule has 0 aliphatic rings. The number of hydrogen-bond acceptors (Lipinski definition) is 3. The Morgan fingerprint density at radius 1 is 1.19 bits per heavy atom. The molecule has 0 saturated heterocycles. The first-order valence-electron chi connectivity index (χ1n) is 5.51. The number of pyridine rings is 1. The highest BCUT2D eigenvalue weighted by Gasteiger charge is 2.24. The van der Waals surface area contributed by atoms with E-state index in [-0.39, 0.29) is 5.69 Å². The van der Waals surface area contributed by atoms with Gasteiger partial charge in [0.1, 0.15) is 9.50 Å². The highest BCUT2D eigenvalue weighted by atomic mass is 79.9. The minimum Gasteiger partial charge on any atom is -0.278 e. The molecule has 1 heterocycles. The van der Waals surface area contributed by atoms with Gasteiger partial charge in [-0.3, -0.25) is 4.72 Å². The molecule has 1 N–H and O–H groups in total. The summed E-state index contributed by atoms with van der Waals surface area (Å²) in [5.74, 6) is -5.08. The lowest BCUT2D eigenvalue weighted by Crippen LogP contribution is -2.16. The minimum atomic E-state index is -4.40. The minimum absolute atomic E-state index is 0.0693. The number of halogens is 4. The van der Waals surface area contributed by atoms with E-state index < -0.39 is 32.4 Å². The van der Waals surface area contributed by atoms with Gasteiger partial charge in [-0.2, -0.15) is 0 Å². The molecule has 0 unspecified atom stereocenters. The molecule has 0 atom stereocenters. The van der Waals surface area contributed by atoms with Crippen LogP contribution in [0.25, 0.3) is 0 Å². The zero-order valence-electron chi connectivity index (χ0n) is 10.5. The van der Waals surface area contributed by atoms with Crippen molar-refractivity contribution in [1.82, 2.24) is 4.98 Å². The van der Waals surface area contributed by atoms with Crippen LogP contribution in [0.3, 0.4) is 0 Å². The second kappa shape index (κ2) is 5.64. The van der Waals surface area contributed by atoms with Crippen LogP contribution in [0.5, 0.6) is 0 Å². The average molecular weight is 381 g/mol. The van der Waals surface area contributed by atoms with E-state index in [4.69, 9.17) is 0 Å². The van der Waals surface area contributed by atoms with Gasteiger partial charge in [0.25, 0.3) is 10.0 Å². The number of aromatic nitrogens is 1. The molecule has 0 fully saturated rings. The van der Waals surface area contributed by atoms with Crippen molar-refractivity contribution >= 4 is 31.6 Å². The fourth-order valence-electron chi connectivity index (χ4n) is 1.54. The standard InChI is InChI=1S/C12H8BrF3N2O2S/c1-6-4-7(5-17-12(6)13)18-21(19,20)9-3-2-8(14)10(15)11(9)16/h2-5,18H,1H3. The average Bonchev–Trinajstić information content (AvgIpc) is 2.39. The van der Waals surface area contributed by atoms with Crippen LogP contribution in [0.1, 0.15) is 5.56 Å². The first kappa shape index (κ1) is 15.8. The van der Waals surface area contributed by atoms with Crippen molar-refractivity contribution in [2.24, 2.45) is 0 Å². The maximum atomic E-state index is 13.5. The van der Waals surface area contributed by atoms with Crippen LogP contribution in [0.2, 0.25) is 0 Å². The summed E-state index contributed by atoms with van der Waals surface area (Å²) in [5.41, 5.74) is 0.709. The van der Waals surface area contributed by atoms with E-state index in [1.807, 2.05) is 4.72 Å². The highest BCUT2D eigenvalue weighted by molar-refractivity contribution is 9.10. The molecule has 0 aliphatic carbocycles. The number of nitrogens with one attached hydrogen (secondary N) is 1. The number of hydrogen-bond donors (Lipinski definition) is 1. The van der Waals surface area contributed by atoms with E-state index in [2.05, 4.69) is 20.9 Å². The van der Waals surface area contributed by atoms with E-state index in [0.717, 1.165) is 0 Å². The zero-order valence-corrected chi connectivity index (χ0v) is 12.9. The summed E-state index contributed by atoms with van der Waals surface area (Å²) in [4.78, 5) is 2.89. The second-order valence-electron chi connectivity index (χ2n) is 4.11. The van der Waals surface area contributed by atoms with Crippen LogP contribution < -0.4 is 4.72 Å². The molecular formula is C12H8BrF3N2O2S. The monoisotopic (exact) mass is 380 g/mol. The predicted octanol–water partition coefficient (Wildman–Crippen LogP) is 3.37. The molecular weight excluding hydrogens is 373 g/mol. The fourth-order valence-corrected chi connectivity index (χ4v) is 2.86. The molecule has 0 bridgehead atoms. The van der Waals surface area contributed by atoms with Crippen molar-refractivity contribution in [3.63, 3.8) is 0 Å². The quantitative estimate of drug-likeness (QED) is 0.655. The van der Waals surface area contributed by atoms with Crippen molar-refractivity contribution in [3.8, 4) is 0 Å². The molecule has 0 amide bonds. The Morgan fingerprint density at radius 2 is 1.86 bits per heavy atom. The first-order chi connectivity index (χ1) is 9.72. The number of anilines is 1. The molecule has 0 aliphatic heterocycles. The van der Waals surface area contributed by atoms with Gasteiger partial charge in [-0.15, -0.1) is 0 Å². The molecule has 2 aromatic rings. The van der Waals surface area contributed by atoms with E-state index in [0.29, 0.717) is 22.3 Å². The largest absolute Gasteiger partial charge is 0.278 e. The molecule has 2 rings (SSSR count). The second-order valence-corrected chi connectivity index (χ2v) is 6.51. The van der Waals surface area contributed by atoms with Gasteiger partial charge < -0.3 is 0 Å². The number of benzene rings is 1. The van der Waals surface area contributed by atoms with Crippen LogP contribution in [-0.4, -0.2) is 13.4 Å². The molecule has 4 nitrogen and oxygen atoms in total. The van der Waals surface area contributed by atoms with Gasteiger partial charge in [-0.1, -0.05) is 0 Å². The first-order valence-corrected chi connectivity index (χ1v) is 7.78. The van der Waals surface area contributed by atoms with E-state index >= 15 is 0 Å². The Bertz CT molecular complexity index is 812. The smallest absolute Gasteiger partial charge is 0.264 e. The van der Waals surface area contributed by atoms with E-state index in [1.165, 1.54) is 12.3 Å². The number of rotatable bonds is 3. The number of aryl methyl sites for hydroxylation is 1. The van der Waals surface area contributed by atoms with E-state index in [9.17, 15) is 21.6 Å². The summed E-state index contributed by atoms with van der Waals surface area (Å²) in [5, 5.41) is 0. The van der Waals surface area contributed by atoms with Gasteiger partial charge in [-0.25, -0.2) is 26.6 Å². The third-order valence-electron chi connectivity index (χ3n) is 2.56. The summed E-state index contributed by atoms with van der Waals surface area (Å²) in [6.45, 7) is 1.67. The lowest BCUT2D eigenvalue weighted by atomic mass is 10.3. The zero-order chi connectivity index (χ0) is 15.8. The third kappa shape index (κ3) is 3.18. The van der Waals surface area contributed by atoms with Gasteiger partial charge >= 0.3 is 0 Å². The molecule has 0 saturated carbocycles. The predicted molar refractivity (Wildman–Crippen MR) is 73.8 cm³/mol. The Kier molecular flexibility index (Phi) is 4.24.